The van der Waals surface area contributed by atoms with E-state index in [0.29, 0.717) is 5.92 Å². The molecule has 2 rings (SSSR count). The van der Waals surface area contributed by atoms with E-state index >= 15 is 0 Å². The van der Waals surface area contributed by atoms with Crippen LogP contribution in [0.2, 0.25) is 0 Å². The maximum Gasteiger partial charge on any atom is 0.0646 e. The van der Waals surface area contributed by atoms with Gasteiger partial charge in [-0.05, 0) is 31.6 Å². The van der Waals surface area contributed by atoms with E-state index in [9.17, 15) is 5.11 Å². The van der Waals surface area contributed by atoms with Gasteiger partial charge in [0.25, 0.3) is 0 Å². The second-order valence-electron chi connectivity index (χ2n) is 4.51. The first kappa shape index (κ1) is 8.52. The van der Waals surface area contributed by atoms with Gasteiger partial charge in [0.15, 0.2) is 0 Å². The largest absolute Gasteiger partial charge is 0.396 e. The van der Waals surface area contributed by atoms with Crippen molar-refractivity contribution in [1.29, 1.82) is 0 Å². The number of aliphatic hydroxyl groups is 2. The number of hydrogen-bond acceptors (Lipinski definition) is 2. The van der Waals surface area contributed by atoms with Gasteiger partial charge in [0, 0.05) is 5.41 Å². The van der Waals surface area contributed by atoms with Crippen LogP contribution < -0.4 is 0 Å². The fourth-order valence-electron chi connectivity index (χ4n) is 2.48. The number of hydrogen-bond donors (Lipinski definition) is 2. The molecule has 2 nitrogen and oxygen atoms in total. The second kappa shape index (κ2) is 3.00. The molecule has 0 heterocycles. The molecule has 0 radical (unpaired) electrons. The van der Waals surface area contributed by atoms with Gasteiger partial charge in [0.1, 0.15) is 0 Å². The van der Waals surface area contributed by atoms with Crippen LogP contribution in [0.15, 0.2) is 0 Å². The van der Waals surface area contributed by atoms with Crippen molar-refractivity contribution in [2.24, 2.45) is 11.3 Å². The monoisotopic (exact) mass is 170 g/mol. The molecule has 70 valence electrons. The predicted octanol–water partition coefficient (Wildman–Crippen LogP) is 1.31. The van der Waals surface area contributed by atoms with Crippen LogP contribution in [-0.2, 0) is 0 Å². The average molecular weight is 170 g/mol. The molecule has 0 bridgehead atoms. The summed E-state index contributed by atoms with van der Waals surface area (Å²) in [5.74, 6) is 0.486. The lowest BCUT2D eigenvalue weighted by atomic mass is 9.88. The highest BCUT2D eigenvalue weighted by Crippen LogP contribution is 2.52. The van der Waals surface area contributed by atoms with Gasteiger partial charge < -0.3 is 10.2 Å². The first-order valence-electron chi connectivity index (χ1n) is 5.07. The minimum atomic E-state index is -0.218. The fourth-order valence-corrected chi connectivity index (χ4v) is 2.48. The van der Waals surface area contributed by atoms with Gasteiger partial charge in [0.05, 0.1) is 12.7 Å². The highest BCUT2D eigenvalue weighted by molar-refractivity contribution is 5.01. The smallest absolute Gasteiger partial charge is 0.0646 e. The molecule has 2 aliphatic rings. The van der Waals surface area contributed by atoms with Crippen molar-refractivity contribution < 1.29 is 10.2 Å². The van der Waals surface area contributed by atoms with E-state index in [-0.39, 0.29) is 18.1 Å². The standard InChI is InChI=1S/C10H18O2/c11-7-10(5-6-10)9(12)8-3-1-2-4-8/h8-9,11-12H,1-7H2. The molecule has 0 aliphatic heterocycles. The highest BCUT2D eigenvalue weighted by atomic mass is 16.3. The van der Waals surface area contributed by atoms with Crippen LogP contribution in [0, 0.1) is 11.3 Å². The van der Waals surface area contributed by atoms with E-state index in [1.807, 2.05) is 0 Å². The molecule has 1 atom stereocenters. The summed E-state index contributed by atoms with van der Waals surface area (Å²) >= 11 is 0. The molecule has 0 aromatic heterocycles. The van der Waals surface area contributed by atoms with Crippen LogP contribution in [0.5, 0.6) is 0 Å². The summed E-state index contributed by atoms with van der Waals surface area (Å²) in [5, 5.41) is 19.1. The molecule has 0 spiro atoms. The van der Waals surface area contributed by atoms with Gasteiger partial charge in [-0.15, -0.1) is 0 Å². The molecular weight excluding hydrogens is 152 g/mol. The first-order valence-corrected chi connectivity index (χ1v) is 5.07. The van der Waals surface area contributed by atoms with Crippen LogP contribution in [0.25, 0.3) is 0 Å². The molecular formula is C10H18O2. The summed E-state index contributed by atoms with van der Waals surface area (Å²) < 4.78 is 0. The number of aliphatic hydroxyl groups excluding tert-OH is 2. The van der Waals surface area contributed by atoms with Gasteiger partial charge in [0.2, 0.25) is 0 Å². The van der Waals surface area contributed by atoms with E-state index in [2.05, 4.69) is 0 Å². The van der Waals surface area contributed by atoms with Crippen molar-refractivity contribution in [3.63, 3.8) is 0 Å². The van der Waals surface area contributed by atoms with Crippen molar-refractivity contribution in [2.75, 3.05) is 6.61 Å². The van der Waals surface area contributed by atoms with E-state index in [1.165, 1.54) is 25.7 Å². The Hall–Kier alpha value is -0.0800. The van der Waals surface area contributed by atoms with Crippen molar-refractivity contribution >= 4 is 0 Å². The molecule has 12 heavy (non-hydrogen) atoms. The quantitative estimate of drug-likeness (QED) is 0.670. The van der Waals surface area contributed by atoms with Crippen LogP contribution in [0.4, 0.5) is 0 Å². The highest BCUT2D eigenvalue weighted by Gasteiger charge is 2.51. The summed E-state index contributed by atoms with van der Waals surface area (Å²) in [4.78, 5) is 0. The third-order valence-electron chi connectivity index (χ3n) is 3.68. The van der Waals surface area contributed by atoms with Gasteiger partial charge in [-0.3, -0.25) is 0 Å². The summed E-state index contributed by atoms with van der Waals surface area (Å²) in [7, 11) is 0. The molecule has 2 aliphatic carbocycles. The average Bonchev–Trinajstić information content (AvgIpc) is 2.71. The predicted molar refractivity (Wildman–Crippen MR) is 46.7 cm³/mol. The van der Waals surface area contributed by atoms with E-state index in [1.54, 1.807) is 0 Å². The molecule has 0 saturated heterocycles. The molecule has 1 unspecified atom stereocenters. The number of rotatable bonds is 3. The SMILES string of the molecule is OCC1(C(O)C2CCCC2)CC1. The van der Waals surface area contributed by atoms with Crippen molar-refractivity contribution in [3.8, 4) is 0 Å². The van der Waals surface area contributed by atoms with E-state index < -0.39 is 0 Å². The molecule has 2 fully saturated rings. The molecule has 0 aromatic rings. The van der Waals surface area contributed by atoms with Gasteiger partial charge in [-0.1, -0.05) is 12.8 Å². The lowest BCUT2D eigenvalue weighted by Crippen LogP contribution is -2.31. The maximum atomic E-state index is 9.98. The summed E-state index contributed by atoms with van der Waals surface area (Å²) in [6.45, 7) is 0.185. The first-order chi connectivity index (χ1) is 5.78. The second-order valence-corrected chi connectivity index (χ2v) is 4.51. The van der Waals surface area contributed by atoms with E-state index in [4.69, 9.17) is 5.11 Å². The third-order valence-corrected chi connectivity index (χ3v) is 3.68. The summed E-state index contributed by atoms with van der Waals surface area (Å²) in [6, 6.07) is 0. The Morgan fingerprint density at radius 2 is 1.83 bits per heavy atom. The zero-order chi connectivity index (χ0) is 8.60. The minimum Gasteiger partial charge on any atom is -0.396 e. The van der Waals surface area contributed by atoms with Crippen molar-refractivity contribution in [1.82, 2.24) is 0 Å². The topological polar surface area (TPSA) is 40.5 Å². The van der Waals surface area contributed by atoms with Crippen molar-refractivity contribution in [3.05, 3.63) is 0 Å². The normalized spacial score (nSPS) is 30.5. The van der Waals surface area contributed by atoms with Crippen LogP contribution in [0.1, 0.15) is 38.5 Å². The Balaban J connectivity index is 1.94. The Labute approximate surface area is 73.6 Å². The molecule has 0 amide bonds. The zero-order valence-electron chi connectivity index (χ0n) is 7.50. The van der Waals surface area contributed by atoms with E-state index in [0.717, 1.165) is 12.8 Å². The van der Waals surface area contributed by atoms with Gasteiger partial charge in [-0.2, -0.15) is 0 Å². The van der Waals surface area contributed by atoms with Crippen LogP contribution in [-0.4, -0.2) is 22.9 Å². The summed E-state index contributed by atoms with van der Waals surface area (Å²) in [6.07, 6.45) is 6.71. The fraction of sp³-hybridized carbons (Fsp3) is 1.00. The zero-order valence-corrected chi connectivity index (χ0v) is 7.50. The maximum absolute atomic E-state index is 9.98. The minimum absolute atomic E-state index is 0.0744. The molecule has 2 N–H and O–H groups in total. The lowest BCUT2D eigenvalue weighted by Gasteiger charge is -2.25. The van der Waals surface area contributed by atoms with Crippen molar-refractivity contribution in [2.45, 2.75) is 44.6 Å². The van der Waals surface area contributed by atoms with Crippen LogP contribution in [0.3, 0.4) is 0 Å². The Morgan fingerprint density at radius 3 is 2.25 bits per heavy atom. The summed E-state index contributed by atoms with van der Waals surface area (Å²) in [5.41, 5.74) is -0.0744. The Kier molecular flexibility index (Phi) is 2.13. The lowest BCUT2D eigenvalue weighted by molar-refractivity contribution is 0.00945. The third kappa shape index (κ3) is 1.27. The Bertz CT molecular complexity index is 157. The van der Waals surface area contributed by atoms with Gasteiger partial charge >= 0.3 is 0 Å². The van der Waals surface area contributed by atoms with Gasteiger partial charge in [-0.25, -0.2) is 0 Å². The molecule has 0 aromatic carbocycles. The van der Waals surface area contributed by atoms with Crippen LogP contribution >= 0.6 is 0 Å². The molecule has 2 heteroatoms. The Morgan fingerprint density at radius 1 is 1.25 bits per heavy atom. The molecule has 2 saturated carbocycles.